The summed E-state index contributed by atoms with van der Waals surface area (Å²) in [5.41, 5.74) is 0.154. The highest BCUT2D eigenvalue weighted by Crippen LogP contribution is 2.29. The Kier molecular flexibility index (Phi) is 8.73. The summed E-state index contributed by atoms with van der Waals surface area (Å²) in [5.74, 6) is 0. The molecule has 0 saturated carbocycles. The predicted octanol–water partition coefficient (Wildman–Crippen LogP) is 3.41. The van der Waals surface area contributed by atoms with Crippen molar-refractivity contribution in [2.45, 2.75) is 25.6 Å². The van der Waals surface area contributed by atoms with Gasteiger partial charge in [-0.15, -0.1) is 0 Å². The first-order valence-electron chi connectivity index (χ1n) is 8.36. The van der Waals surface area contributed by atoms with Crippen molar-refractivity contribution >= 4 is 0 Å². The summed E-state index contributed by atoms with van der Waals surface area (Å²) in [6.07, 6.45) is -2.27. The van der Waals surface area contributed by atoms with Gasteiger partial charge in [-0.2, -0.15) is 13.2 Å². The molecule has 0 amide bonds. The smallest absolute Gasteiger partial charge is 0.309 e. The molecule has 0 N–H and O–H groups in total. The van der Waals surface area contributed by atoms with E-state index in [9.17, 15) is 13.2 Å². The quantitative estimate of drug-likeness (QED) is 0.643. The lowest BCUT2D eigenvalue weighted by Gasteiger charge is -2.24. The lowest BCUT2D eigenvalue weighted by molar-refractivity contribution is -0.137. The molecule has 0 bridgehead atoms. The Morgan fingerprint density at radius 1 is 0.833 bits per heavy atom. The summed E-state index contributed by atoms with van der Waals surface area (Å²) in [4.78, 5) is 6.51. The van der Waals surface area contributed by atoms with Gasteiger partial charge < -0.3 is 9.80 Å². The predicted molar refractivity (Wildman–Crippen MR) is 93.1 cm³/mol. The molecule has 1 aromatic carbocycles. The minimum atomic E-state index is -4.28. The van der Waals surface area contributed by atoms with Crippen LogP contribution in [0.2, 0.25) is 0 Å². The zero-order valence-electron chi connectivity index (χ0n) is 15.2. The highest BCUT2D eigenvalue weighted by molar-refractivity contribution is 5.25. The van der Waals surface area contributed by atoms with Gasteiger partial charge in [0.05, 0.1) is 5.56 Å². The number of nitrogens with zero attached hydrogens (tertiary/aromatic N) is 3. The zero-order chi connectivity index (χ0) is 18.2. The molecule has 0 unspecified atom stereocenters. The molecule has 0 saturated heterocycles. The molecule has 0 aliphatic heterocycles. The first-order chi connectivity index (χ1) is 11.2. The van der Waals surface area contributed by atoms with Crippen LogP contribution < -0.4 is 0 Å². The molecule has 24 heavy (non-hydrogen) atoms. The summed E-state index contributed by atoms with van der Waals surface area (Å²) in [6, 6.07) is 5.67. The summed E-state index contributed by atoms with van der Waals surface area (Å²) in [7, 11) is 8.12. The van der Waals surface area contributed by atoms with Gasteiger partial charge in [0, 0.05) is 6.54 Å². The van der Waals surface area contributed by atoms with Gasteiger partial charge >= 0.3 is 6.18 Å². The Bertz CT molecular complexity index is 459. The molecule has 1 rings (SSSR count). The number of halogens is 3. The standard InChI is InChI=1S/C18H30F3N3/c1-22(2)10-6-12-24(13-7-11-23(3)4)15-16-8-5-9-17(14-16)18(19,20)21/h5,8-9,14H,6-7,10-13,15H2,1-4H3. The fourth-order valence-electron chi connectivity index (χ4n) is 2.60. The van der Waals surface area contributed by atoms with E-state index in [0.29, 0.717) is 6.54 Å². The Morgan fingerprint density at radius 3 is 1.83 bits per heavy atom. The lowest BCUT2D eigenvalue weighted by Crippen LogP contribution is -2.30. The maximum Gasteiger partial charge on any atom is 0.416 e. The zero-order valence-corrected chi connectivity index (χ0v) is 15.2. The third-order valence-corrected chi connectivity index (χ3v) is 3.82. The topological polar surface area (TPSA) is 9.72 Å². The van der Waals surface area contributed by atoms with Crippen molar-refractivity contribution in [3.05, 3.63) is 35.4 Å². The van der Waals surface area contributed by atoms with Crippen molar-refractivity contribution < 1.29 is 13.2 Å². The largest absolute Gasteiger partial charge is 0.416 e. The maximum atomic E-state index is 12.9. The average molecular weight is 345 g/mol. The highest BCUT2D eigenvalue weighted by Gasteiger charge is 2.30. The third kappa shape index (κ3) is 8.66. The van der Waals surface area contributed by atoms with Crippen LogP contribution in [-0.2, 0) is 12.7 Å². The SMILES string of the molecule is CN(C)CCCN(CCCN(C)C)Cc1cccc(C(F)(F)F)c1. The fourth-order valence-corrected chi connectivity index (χ4v) is 2.60. The van der Waals surface area contributed by atoms with Gasteiger partial charge in [0.2, 0.25) is 0 Å². The molecule has 0 heterocycles. The van der Waals surface area contributed by atoms with Crippen LogP contribution >= 0.6 is 0 Å². The van der Waals surface area contributed by atoms with E-state index in [1.165, 1.54) is 12.1 Å². The second-order valence-corrected chi connectivity index (χ2v) is 6.79. The van der Waals surface area contributed by atoms with Gasteiger partial charge in [0.15, 0.2) is 0 Å². The van der Waals surface area contributed by atoms with Gasteiger partial charge in [-0.3, -0.25) is 4.90 Å². The molecule has 6 heteroatoms. The van der Waals surface area contributed by atoms with E-state index in [1.807, 2.05) is 28.2 Å². The highest BCUT2D eigenvalue weighted by atomic mass is 19.4. The molecule has 0 aliphatic rings. The van der Waals surface area contributed by atoms with Crippen molar-refractivity contribution in [3.8, 4) is 0 Å². The van der Waals surface area contributed by atoms with Gasteiger partial charge in [-0.05, 0) is 78.8 Å². The molecular formula is C18H30F3N3. The van der Waals surface area contributed by atoms with Crippen LogP contribution in [0.3, 0.4) is 0 Å². The molecule has 3 nitrogen and oxygen atoms in total. The lowest BCUT2D eigenvalue weighted by atomic mass is 10.1. The van der Waals surface area contributed by atoms with Crippen LogP contribution in [0.5, 0.6) is 0 Å². The molecule has 0 atom stereocenters. The van der Waals surface area contributed by atoms with Crippen molar-refractivity contribution in [1.82, 2.24) is 14.7 Å². The van der Waals surface area contributed by atoms with Gasteiger partial charge in [0.25, 0.3) is 0 Å². The van der Waals surface area contributed by atoms with E-state index >= 15 is 0 Å². The minimum absolute atomic E-state index is 0.560. The Labute approximate surface area is 144 Å². The monoisotopic (exact) mass is 345 g/mol. The number of hydrogen-bond acceptors (Lipinski definition) is 3. The normalized spacial score (nSPS) is 12.6. The summed E-state index contributed by atoms with van der Waals surface area (Å²) >= 11 is 0. The van der Waals surface area contributed by atoms with Crippen LogP contribution in [0.15, 0.2) is 24.3 Å². The second-order valence-electron chi connectivity index (χ2n) is 6.79. The number of rotatable bonds is 10. The van der Waals surface area contributed by atoms with Crippen LogP contribution in [0.25, 0.3) is 0 Å². The van der Waals surface area contributed by atoms with Crippen LogP contribution in [0.1, 0.15) is 24.0 Å². The van der Waals surface area contributed by atoms with E-state index in [1.54, 1.807) is 6.07 Å². The molecule has 0 radical (unpaired) electrons. The number of alkyl halides is 3. The summed E-state index contributed by atoms with van der Waals surface area (Å²) < 4.78 is 38.6. The average Bonchev–Trinajstić information content (AvgIpc) is 2.45. The molecular weight excluding hydrogens is 315 g/mol. The van der Waals surface area contributed by atoms with E-state index < -0.39 is 11.7 Å². The molecule has 1 aromatic rings. The second kappa shape index (κ2) is 10.0. The van der Waals surface area contributed by atoms with Gasteiger partial charge in [-0.25, -0.2) is 0 Å². The molecule has 0 spiro atoms. The van der Waals surface area contributed by atoms with Crippen LogP contribution in [-0.4, -0.2) is 69.1 Å². The van der Waals surface area contributed by atoms with Crippen LogP contribution in [0, 0.1) is 0 Å². The fraction of sp³-hybridized carbons (Fsp3) is 0.667. The third-order valence-electron chi connectivity index (χ3n) is 3.82. The Morgan fingerprint density at radius 2 is 1.38 bits per heavy atom. The Balaban J connectivity index is 2.68. The Hall–Kier alpha value is -1.11. The maximum absolute atomic E-state index is 12.9. The number of hydrogen-bond donors (Lipinski definition) is 0. The summed E-state index contributed by atoms with van der Waals surface area (Å²) in [6.45, 7) is 4.30. The van der Waals surface area contributed by atoms with Gasteiger partial charge in [0.1, 0.15) is 0 Å². The van der Waals surface area contributed by atoms with Crippen molar-refractivity contribution in [2.24, 2.45) is 0 Å². The van der Waals surface area contributed by atoms with Crippen molar-refractivity contribution in [3.63, 3.8) is 0 Å². The van der Waals surface area contributed by atoms with Crippen molar-refractivity contribution in [1.29, 1.82) is 0 Å². The van der Waals surface area contributed by atoms with E-state index in [2.05, 4.69) is 14.7 Å². The summed E-state index contributed by atoms with van der Waals surface area (Å²) in [5, 5.41) is 0. The first kappa shape index (κ1) is 20.9. The van der Waals surface area contributed by atoms with E-state index in [-0.39, 0.29) is 0 Å². The molecule has 0 fully saturated rings. The first-order valence-corrected chi connectivity index (χ1v) is 8.36. The van der Waals surface area contributed by atoms with E-state index in [4.69, 9.17) is 0 Å². The molecule has 138 valence electrons. The molecule has 0 aliphatic carbocycles. The minimum Gasteiger partial charge on any atom is -0.309 e. The van der Waals surface area contributed by atoms with Crippen molar-refractivity contribution in [2.75, 3.05) is 54.4 Å². The van der Waals surface area contributed by atoms with Crippen LogP contribution in [0.4, 0.5) is 13.2 Å². The molecule has 0 aromatic heterocycles. The van der Waals surface area contributed by atoms with Gasteiger partial charge in [-0.1, -0.05) is 18.2 Å². The number of benzene rings is 1. The van der Waals surface area contributed by atoms with E-state index in [0.717, 1.165) is 50.7 Å².